The largest absolute Gasteiger partial charge is 0.492 e. The molecule has 22 heavy (non-hydrogen) atoms. The van der Waals surface area contributed by atoms with E-state index in [0.717, 1.165) is 19.4 Å². The zero-order chi connectivity index (χ0) is 15.1. The van der Waals surface area contributed by atoms with E-state index in [1.54, 1.807) is 0 Å². The molecule has 1 fully saturated rings. The number of allylic oxidation sites excluding steroid dienone is 4. The van der Waals surface area contributed by atoms with Crippen molar-refractivity contribution in [1.82, 2.24) is 4.90 Å². The fourth-order valence-electron chi connectivity index (χ4n) is 4.08. The summed E-state index contributed by atoms with van der Waals surface area (Å²) in [5.41, 5.74) is 1.46. The number of hydrogen-bond donors (Lipinski definition) is 0. The van der Waals surface area contributed by atoms with Crippen LogP contribution in [0.5, 0.6) is 0 Å². The van der Waals surface area contributed by atoms with Crippen LogP contribution in [0.4, 0.5) is 0 Å². The van der Waals surface area contributed by atoms with Gasteiger partial charge >= 0.3 is 0 Å². The number of nitrogens with zero attached hydrogens (tertiary/aromatic N) is 1. The van der Waals surface area contributed by atoms with Gasteiger partial charge in [0.15, 0.2) is 0 Å². The summed E-state index contributed by atoms with van der Waals surface area (Å²) < 4.78 is 6.44. The Morgan fingerprint density at radius 1 is 1.18 bits per heavy atom. The maximum Gasteiger partial charge on any atom is 0.112 e. The Morgan fingerprint density at radius 2 is 2.05 bits per heavy atom. The van der Waals surface area contributed by atoms with Crippen LogP contribution in [0.15, 0.2) is 48.1 Å². The first-order chi connectivity index (χ1) is 10.7. The van der Waals surface area contributed by atoms with Crippen LogP contribution >= 0.6 is 0 Å². The van der Waals surface area contributed by atoms with Gasteiger partial charge in [0.25, 0.3) is 0 Å². The fourth-order valence-corrected chi connectivity index (χ4v) is 4.08. The average Bonchev–Trinajstić information content (AvgIpc) is 2.85. The van der Waals surface area contributed by atoms with Crippen molar-refractivity contribution in [2.45, 2.75) is 18.9 Å². The summed E-state index contributed by atoms with van der Waals surface area (Å²) in [5, 5.41) is 2.60. The van der Waals surface area contributed by atoms with Crippen molar-refractivity contribution >= 4 is 11.8 Å². The third kappa shape index (κ3) is 2.32. The van der Waals surface area contributed by atoms with Crippen molar-refractivity contribution in [3.05, 3.63) is 58.5 Å². The van der Waals surface area contributed by atoms with E-state index in [2.05, 4.69) is 67.6 Å². The Hall–Kier alpha value is -1.80. The highest BCUT2D eigenvalue weighted by molar-refractivity contribution is 5.59. The molecule has 0 saturated carbocycles. The van der Waals surface area contributed by atoms with Crippen molar-refractivity contribution in [1.29, 1.82) is 0 Å². The normalized spacial score (nSPS) is 29.0. The SMILES string of the molecule is CN(C)CC1CC2C(=c3ccccc3=CC3=CC=CCC32)O1. The number of rotatable bonds is 2. The highest BCUT2D eigenvalue weighted by atomic mass is 16.5. The van der Waals surface area contributed by atoms with Crippen LogP contribution in [0.2, 0.25) is 0 Å². The number of likely N-dealkylation sites (N-methyl/N-ethyl adjacent to an activating group) is 1. The van der Waals surface area contributed by atoms with Crippen molar-refractivity contribution in [2.24, 2.45) is 11.8 Å². The number of hydrogen-bond acceptors (Lipinski definition) is 2. The van der Waals surface area contributed by atoms with Crippen LogP contribution in [0, 0.1) is 11.8 Å². The van der Waals surface area contributed by atoms with Gasteiger partial charge in [0, 0.05) is 17.7 Å². The molecule has 1 aromatic rings. The van der Waals surface area contributed by atoms with Gasteiger partial charge in [0.2, 0.25) is 0 Å². The summed E-state index contributed by atoms with van der Waals surface area (Å²) in [6, 6.07) is 8.68. The second kappa shape index (κ2) is 5.44. The Kier molecular flexibility index (Phi) is 3.42. The molecule has 2 aliphatic carbocycles. The molecule has 1 heterocycles. The van der Waals surface area contributed by atoms with E-state index in [1.165, 1.54) is 21.8 Å². The van der Waals surface area contributed by atoms with Crippen molar-refractivity contribution in [2.75, 3.05) is 20.6 Å². The Morgan fingerprint density at radius 3 is 2.91 bits per heavy atom. The lowest BCUT2D eigenvalue weighted by Crippen LogP contribution is -2.28. The molecule has 1 saturated heterocycles. The number of ether oxygens (including phenoxy) is 1. The van der Waals surface area contributed by atoms with E-state index in [4.69, 9.17) is 4.74 Å². The molecule has 3 atom stereocenters. The van der Waals surface area contributed by atoms with E-state index < -0.39 is 0 Å². The topological polar surface area (TPSA) is 12.5 Å². The van der Waals surface area contributed by atoms with Crippen LogP contribution in [0.1, 0.15) is 12.8 Å². The van der Waals surface area contributed by atoms with Gasteiger partial charge in [-0.1, -0.05) is 48.6 Å². The molecule has 3 aliphatic rings. The summed E-state index contributed by atoms with van der Waals surface area (Å²) in [7, 11) is 4.25. The maximum absolute atomic E-state index is 6.44. The van der Waals surface area contributed by atoms with E-state index in [-0.39, 0.29) is 0 Å². The lowest BCUT2D eigenvalue weighted by atomic mass is 9.79. The van der Waals surface area contributed by atoms with Crippen LogP contribution in [-0.4, -0.2) is 31.6 Å². The summed E-state index contributed by atoms with van der Waals surface area (Å²) in [6.45, 7) is 0.994. The van der Waals surface area contributed by atoms with Gasteiger partial charge in [-0.15, -0.1) is 0 Å². The summed E-state index contributed by atoms with van der Waals surface area (Å²) in [4.78, 5) is 2.23. The zero-order valence-electron chi connectivity index (χ0n) is 13.3. The smallest absolute Gasteiger partial charge is 0.112 e. The fraction of sp³-hybridized carbons (Fsp3) is 0.400. The van der Waals surface area contributed by atoms with Gasteiger partial charge in [-0.3, -0.25) is 0 Å². The Bertz CT molecular complexity index is 756. The summed E-state index contributed by atoms with van der Waals surface area (Å²) in [5.74, 6) is 2.31. The van der Waals surface area contributed by atoms with Crippen molar-refractivity contribution in [3.63, 3.8) is 0 Å². The highest BCUT2D eigenvalue weighted by Gasteiger charge is 2.39. The summed E-state index contributed by atoms with van der Waals surface area (Å²) in [6.07, 6.45) is 11.7. The molecule has 0 N–H and O–H groups in total. The number of fused-ring (bicyclic) bond motifs is 4. The minimum atomic E-state index is 0.313. The molecule has 3 unspecified atom stereocenters. The molecule has 0 bridgehead atoms. The number of benzene rings is 1. The van der Waals surface area contributed by atoms with Crippen molar-refractivity contribution in [3.8, 4) is 0 Å². The molecule has 2 heteroatoms. The molecule has 0 amide bonds. The quantitative estimate of drug-likeness (QED) is 0.827. The van der Waals surface area contributed by atoms with Gasteiger partial charge in [-0.2, -0.15) is 0 Å². The minimum absolute atomic E-state index is 0.313. The Labute approximate surface area is 132 Å². The standard InChI is InChI=1S/C20H23NO/c1-21(2)13-16-12-19-17-9-5-3-7-14(17)11-15-8-4-6-10-18(15)20(19)22-16/h3-8,10-11,16-17,19H,9,12-13H2,1-2H3. The minimum Gasteiger partial charge on any atom is -0.492 e. The van der Waals surface area contributed by atoms with Crippen LogP contribution in [-0.2, 0) is 4.74 Å². The zero-order valence-corrected chi connectivity index (χ0v) is 13.3. The van der Waals surface area contributed by atoms with E-state index in [1.807, 2.05) is 0 Å². The van der Waals surface area contributed by atoms with Crippen LogP contribution in [0.3, 0.4) is 0 Å². The molecular formula is C20H23NO. The van der Waals surface area contributed by atoms with Gasteiger partial charge in [-0.25, -0.2) is 0 Å². The van der Waals surface area contributed by atoms with Gasteiger partial charge < -0.3 is 9.64 Å². The van der Waals surface area contributed by atoms with Gasteiger partial charge in [-0.05, 0) is 43.6 Å². The molecule has 0 radical (unpaired) electrons. The van der Waals surface area contributed by atoms with E-state index in [0.29, 0.717) is 17.9 Å². The second-order valence-electron chi connectivity index (χ2n) is 6.88. The first kappa shape index (κ1) is 13.8. The summed E-state index contributed by atoms with van der Waals surface area (Å²) >= 11 is 0. The molecule has 114 valence electrons. The van der Waals surface area contributed by atoms with E-state index in [9.17, 15) is 0 Å². The van der Waals surface area contributed by atoms with Crippen LogP contribution in [0.25, 0.3) is 11.8 Å². The second-order valence-corrected chi connectivity index (χ2v) is 6.88. The average molecular weight is 293 g/mol. The molecule has 2 nitrogen and oxygen atoms in total. The molecule has 1 aromatic carbocycles. The lowest BCUT2D eigenvalue weighted by Gasteiger charge is -2.24. The first-order valence-corrected chi connectivity index (χ1v) is 8.21. The lowest BCUT2D eigenvalue weighted by molar-refractivity contribution is 0.157. The van der Waals surface area contributed by atoms with Crippen LogP contribution < -0.4 is 10.4 Å². The third-order valence-electron chi connectivity index (χ3n) is 4.99. The van der Waals surface area contributed by atoms with E-state index >= 15 is 0 Å². The van der Waals surface area contributed by atoms with Gasteiger partial charge in [0.05, 0.1) is 0 Å². The predicted molar refractivity (Wildman–Crippen MR) is 90.4 cm³/mol. The van der Waals surface area contributed by atoms with Crippen molar-refractivity contribution < 1.29 is 4.74 Å². The molecule has 0 aromatic heterocycles. The molecule has 1 aliphatic heterocycles. The Balaban J connectivity index is 1.87. The molecule has 4 rings (SSSR count). The third-order valence-corrected chi connectivity index (χ3v) is 4.99. The molecular weight excluding hydrogens is 270 g/mol. The monoisotopic (exact) mass is 293 g/mol. The predicted octanol–water partition coefficient (Wildman–Crippen LogP) is 2.06. The molecule has 0 spiro atoms. The first-order valence-electron chi connectivity index (χ1n) is 8.21. The highest BCUT2D eigenvalue weighted by Crippen LogP contribution is 2.42. The maximum atomic E-state index is 6.44. The van der Waals surface area contributed by atoms with Gasteiger partial charge in [0.1, 0.15) is 11.9 Å².